The van der Waals surface area contributed by atoms with Crippen molar-refractivity contribution < 1.29 is 24.2 Å². The van der Waals surface area contributed by atoms with Gasteiger partial charge in [-0.15, -0.1) is 0 Å². The second kappa shape index (κ2) is 11.3. The molecule has 3 N–H and O–H groups in total. The zero-order valence-corrected chi connectivity index (χ0v) is 19.2. The lowest BCUT2D eigenvalue weighted by molar-refractivity contribution is -0.147. The van der Waals surface area contributed by atoms with E-state index in [0.717, 1.165) is 5.69 Å². The number of carboxylic acids is 1. The Morgan fingerprint density at radius 1 is 1.09 bits per heavy atom. The second-order valence-corrected chi connectivity index (χ2v) is 9.17. The van der Waals surface area contributed by atoms with E-state index in [1.165, 1.54) is 22.6 Å². The molecule has 0 aliphatic heterocycles. The molecule has 178 valence electrons. The molecule has 7 heteroatoms. The number of nitrogens with one attached hydrogen (secondary N) is 1. The van der Waals surface area contributed by atoms with Gasteiger partial charge in [-0.25, -0.2) is 4.39 Å². The summed E-state index contributed by atoms with van der Waals surface area (Å²) in [4.78, 5) is 25.9. The molecule has 0 radical (unpaired) electrons. The minimum Gasteiger partial charge on any atom is -0.480 e. The lowest BCUT2D eigenvalue weighted by Crippen LogP contribution is -2.39. The summed E-state index contributed by atoms with van der Waals surface area (Å²) in [7, 11) is 0. The minimum atomic E-state index is -1.11. The summed E-state index contributed by atoms with van der Waals surface area (Å²) >= 11 is 0. The van der Waals surface area contributed by atoms with Crippen molar-refractivity contribution in [1.29, 1.82) is 0 Å². The van der Waals surface area contributed by atoms with E-state index in [0.29, 0.717) is 37.2 Å². The fraction of sp³-hybridized carbons (Fsp3) is 0.462. The maximum Gasteiger partial charge on any atom is 0.323 e. The topological polar surface area (TPSA) is 89.9 Å². The van der Waals surface area contributed by atoms with E-state index in [9.17, 15) is 24.2 Å². The average Bonchev–Trinajstić information content (AvgIpc) is 2.94. The largest absolute Gasteiger partial charge is 0.480 e. The van der Waals surface area contributed by atoms with Crippen molar-refractivity contribution in [2.75, 3.05) is 11.9 Å². The highest BCUT2D eigenvalue weighted by Gasteiger charge is 2.32. The molecule has 33 heavy (non-hydrogen) atoms. The third-order valence-corrected chi connectivity index (χ3v) is 6.26. The number of nitrogens with zero attached hydrogens (tertiary/aromatic N) is 1. The van der Waals surface area contributed by atoms with Crippen molar-refractivity contribution in [3.8, 4) is 0 Å². The number of aliphatic carboxylic acids is 1. The molecule has 0 aromatic heterocycles. The molecule has 0 unspecified atom stereocenters. The van der Waals surface area contributed by atoms with Gasteiger partial charge in [0.15, 0.2) is 0 Å². The summed E-state index contributed by atoms with van der Waals surface area (Å²) in [6.07, 6.45) is 1.44. The van der Waals surface area contributed by atoms with E-state index in [4.69, 9.17) is 0 Å². The highest BCUT2D eigenvalue weighted by atomic mass is 19.1. The lowest BCUT2D eigenvalue weighted by atomic mass is 9.98. The first-order valence-electron chi connectivity index (χ1n) is 11.5. The number of hydrogen-bond donors (Lipinski definition) is 3. The Labute approximate surface area is 194 Å². The van der Waals surface area contributed by atoms with Crippen LogP contribution >= 0.6 is 0 Å². The van der Waals surface area contributed by atoms with Crippen LogP contribution in [0.2, 0.25) is 0 Å². The van der Waals surface area contributed by atoms with Crippen molar-refractivity contribution in [3.63, 3.8) is 0 Å². The lowest BCUT2D eigenvalue weighted by Gasteiger charge is -2.26. The molecule has 1 aliphatic carbocycles. The summed E-state index contributed by atoms with van der Waals surface area (Å²) in [5, 5.41) is 23.4. The predicted molar refractivity (Wildman–Crippen MR) is 125 cm³/mol. The fourth-order valence-corrected chi connectivity index (χ4v) is 4.40. The number of aliphatic hydroxyl groups is 1. The summed E-state index contributed by atoms with van der Waals surface area (Å²) in [6, 6.07) is 13.8. The molecule has 0 saturated heterocycles. The van der Waals surface area contributed by atoms with E-state index in [-0.39, 0.29) is 24.4 Å². The molecule has 0 spiro atoms. The van der Waals surface area contributed by atoms with Gasteiger partial charge in [0, 0.05) is 18.2 Å². The molecule has 1 saturated carbocycles. The van der Waals surface area contributed by atoms with Crippen LogP contribution in [0.25, 0.3) is 0 Å². The van der Waals surface area contributed by atoms with Crippen LogP contribution in [0.3, 0.4) is 0 Å². The molecule has 1 fully saturated rings. The van der Waals surface area contributed by atoms with Gasteiger partial charge in [-0.3, -0.25) is 9.59 Å². The molecular formula is C26H33FN2O4. The van der Waals surface area contributed by atoms with Crippen molar-refractivity contribution in [2.45, 2.75) is 64.1 Å². The number of carboxylic acid groups (broad SMARTS) is 1. The van der Waals surface area contributed by atoms with Gasteiger partial charge >= 0.3 is 5.97 Å². The Morgan fingerprint density at radius 3 is 2.52 bits per heavy atom. The number of carbonyl (C=O) groups excluding carboxylic acids is 1. The van der Waals surface area contributed by atoms with Gasteiger partial charge in [0.2, 0.25) is 5.91 Å². The molecule has 1 aliphatic rings. The van der Waals surface area contributed by atoms with Crippen LogP contribution in [0.5, 0.6) is 0 Å². The SMILES string of the molecule is CC(C)c1cccc(N[C@H]2CC[C@@H](C(=O)N(CC(=O)O)Cc3cccc(F)c3)CC[C@@H]2O)c1. The Morgan fingerprint density at radius 2 is 1.82 bits per heavy atom. The molecule has 6 nitrogen and oxygen atoms in total. The number of halogens is 1. The van der Waals surface area contributed by atoms with Crippen molar-refractivity contribution in [2.24, 2.45) is 5.92 Å². The second-order valence-electron chi connectivity index (χ2n) is 9.17. The Balaban J connectivity index is 1.68. The first-order valence-corrected chi connectivity index (χ1v) is 11.5. The van der Waals surface area contributed by atoms with E-state index < -0.39 is 24.4 Å². The van der Waals surface area contributed by atoms with Gasteiger partial charge in [0.1, 0.15) is 12.4 Å². The molecule has 0 heterocycles. The van der Waals surface area contributed by atoms with Gasteiger partial charge in [-0.2, -0.15) is 0 Å². The zero-order valence-electron chi connectivity index (χ0n) is 19.2. The molecule has 3 atom stereocenters. The number of rotatable bonds is 8. The number of benzene rings is 2. The third-order valence-electron chi connectivity index (χ3n) is 6.26. The summed E-state index contributed by atoms with van der Waals surface area (Å²) in [5.41, 5.74) is 2.69. The molecule has 0 bridgehead atoms. The van der Waals surface area contributed by atoms with E-state index >= 15 is 0 Å². The average molecular weight is 457 g/mol. The quantitative estimate of drug-likeness (QED) is 0.513. The summed E-state index contributed by atoms with van der Waals surface area (Å²) < 4.78 is 13.6. The Hall–Kier alpha value is -2.93. The van der Waals surface area contributed by atoms with Crippen molar-refractivity contribution in [1.82, 2.24) is 4.90 Å². The van der Waals surface area contributed by atoms with Crippen LogP contribution in [-0.4, -0.2) is 45.7 Å². The fourth-order valence-electron chi connectivity index (χ4n) is 4.40. The number of amides is 1. The van der Waals surface area contributed by atoms with Gasteiger partial charge in [-0.1, -0.05) is 38.1 Å². The normalized spacial score (nSPS) is 20.8. The zero-order chi connectivity index (χ0) is 24.0. The smallest absolute Gasteiger partial charge is 0.323 e. The first kappa shape index (κ1) is 24.7. The number of anilines is 1. The molecule has 1 amide bonds. The standard InChI is InChI=1S/C26H33FN2O4/c1-17(2)20-6-4-8-22(14-20)28-23-11-9-19(10-12-24(23)30)26(33)29(16-25(31)32)15-18-5-3-7-21(27)13-18/h3-8,13-14,17,19,23-24,28,30H,9-12,15-16H2,1-2H3,(H,31,32)/t19-,23+,24+/m1/s1. The Kier molecular flexibility index (Phi) is 8.44. The molecule has 2 aromatic carbocycles. The van der Waals surface area contributed by atoms with Gasteiger partial charge < -0.3 is 20.4 Å². The molecule has 3 rings (SSSR count). The van der Waals surface area contributed by atoms with Gasteiger partial charge in [0.05, 0.1) is 12.1 Å². The highest BCUT2D eigenvalue weighted by Crippen LogP contribution is 2.29. The van der Waals surface area contributed by atoms with Crippen LogP contribution in [0.4, 0.5) is 10.1 Å². The van der Waals surface area contributed by atoms with E-state index in [1.54, 1.807) is 12.1 Å². The van der Waals surface area contributed by atoms with Crippen LogP contribution in [0.1, 0.15) is 56.6 Å². The van der Waals surface area contributed by atoms with Crippen molar-refractivity contribution in [3.05, 3.63) is 65.5 Å². The Bertz CT molecular complexity index is 965. The van der Waals surface area contributed by atoms with E-state index in [2.05, 4.69) is 31.3 Å². The monoisotopic (exact) mass is 456 g/mol. The third kappa shape index (κ3) is 7.02. The number of aliphatic hydroxyl groups excluding tert-OH is 1. The van der Waals surface area contributed by atoms with Gasteiger partial charge in [-0.05, 0) is 67.0 Å². The van der Waals surface area contributed by atoms with Crippen LogP contribution in [0.15, 0.2) is 48.5 Å². The van der Waals surface area contributed by atoms with Crippen LogP contribution in [0, 0.1) is 11.7 Å². The maximum absolute atomic E-state index is 13.6. The molecular weight excluding hydrogens is 423 g/mol. The highest BCUT2D eigenvalue weighted by molar-refractivity contribution is 5.83. The maximum atomic E-state index is 13.6. The summed E-state index contributed by atoms with van der Waals surface area (Å²) in [6.45, 7) is 3.84. The first-order chi connectivity index (χ1) is 15.7. The molecule has 2 aromatic rings. The number of hydrogen-bond acceptors (Lipinski definition) is 4. The van der Waals surface area contributed by atoms with Crippen LogP contribution < -0.4 is 5.32 Å². The number of carbonyl (C=O) groups is 2. The van der Waals surface area contributed by atoms with E-state index in [1.807, 2.05) is 12.1 Å². The van der Waals surface area contributed by atoms with Gasteiger partial charge in [0.25, 0.3) is 0 Å². The van der Waals surface area contributed by atoms with Crippen LogP contribution in [-0.2, 0) is 16.1 Å². The predicted octanol–water partition coefficient (Wildman–Crippen LogP) is 4.39. The summed E-state index contributed by atoms with van der Waals surface area (Å²) in [5.74, 6) is -1.80. The minimum absolute atomic E-state index is 0.0334. The van der Waals surface area contributed by atoms with Crippen molar-refractivity contribution >= 4 is 17.6 Å².